The number of hydrogen-bond donors (Lipinski definition) is 1. The summed E-state index contributed by atoms with van der Waals surface area (Å²) in [5.41, 5.74) is 1.25. The molecule has 2 aromatic rings. The SMILES string of the molecule is C[C@H](CO)COc1cccnc1-c1ccc(S(C)(=O)=O)nc1. The van der Waals surface area contributed by atoms with E-state index in [-0.39, 0.29) is 17.6 Å². The molecule has 0 bridgehead atoms. The Balaban J connectivity index is 2.29. The van der Waals surface area contributed by atoms with Gasteiger partial charge in [0.1, 0.15) is 11.4 Å². The molecular formula is C15H18N2O4S. The van der Waals surface area contributed by atoms with Gasteiger partial charge in [-0.15, -0.1) is 0 Å². The van der Waals surface area contributed by atoms with Crippen LogP contribution in [0, 0.1) is 5.92 Å². The predicted octanol–water partition coefficient (Wildman–Crippen LogP) is 1.55. The van der Waals surface area contributed by atoms with Crippen molar-refractivity contribution < 1.29 is 18.3 Å². The molecule has 0 aliphatic rings. The molecule has 0 aliphatic carbocycles. The lowest BCUT2D eigenvalue weighted by Crippen LogP contribution is -2.12. The van der Waals surface area contributed by atoms with Crippen LogP contribution >= 0.6 is 0 Å². The molecular weight excluding hydrogens is 304 g/mol. The lowest BCUT2D eigenvalue weighted by molar-refractivity contribution is 0.174. The van der Waals surface area contributed by atoms with Gasteiger partial charge in [-0.2, -0.15) is 0 Å². The highest BCUT2D eigenvalue weighted by molar-refractivity contribution is 7.90. The number of aliphatic hydroxyl groups excluding tert-OH is 1. The van der Waals surface area contributed by atoms with Crippen LogP contribution in [-0.4, -0.2) is 43.0 Å². The zero-order chi connectivity index (χ0) is 16.2. The number of pyridine rings is 2. The highest BCUT2D eigenvalue weighted by Crippen LogP contribution is 2.27. The van der Waals surface area contributed by atoms with Crippen molar-refractivity contribution in [1.29, 1.82) is 0 Å². The molecule has 0 saturated heterocycles. The monoisotopic (exact) mass is 322 g/mol. The van der Waals surface area contributed by atoms with Crippen LogP contribution in [0.2, 0.25) is 0 Å². The van der Waals surface area contributed by atoms with Crippen LogP contribution in [0.3, 0.4) is 0 Å². The molecule has 1 N–H and O–H groups in total. The van der Waals surface area contributed by atoms with E-state index >= 15 is 0 Å². The normalized spacial score (nSPS) is 12.9. The minimum absolute atomic E-state index is 0.0128. The van der Waals surface area contributed by atoms with E-state index in [1.54, 1.807) is 24.4 Å². The molecule has 0 fully saturated rings. The number of rotatable bonds is 6. The summed E-state index contributed by atoms with van der Waals surface area (Å²) in [4.78, 5) is 8.22. The van der Waals surface area contributed by atoms with E-state index in [0.29, 0.717) is 23.6 Å². The van der Waals surface area contributed by atoms with Crippen molar-refractivity contribution in [1.82, 2.24) is 9.97 Å². The van der Waals surface area contributed by atoms with Gasteiger partial charge in [-0.3, -0.25) is 4.98 Å². The summed E-state index contributed by atoms with van der Waals surface area (Å²) in [6, 6.07) is 6.62. The van der Waals surface area contributed by atoms with Crippen LogP contribution in [0.1, 0.15) is 6.92 Å². The Morgan fingerprint density at radius 3 is 2.64 bits per heavy atom. The van der Waals surface area contributed by atoms with Gasteiger partial charge in [0, 0.05) is 36.7 Å². The quantitative estimate of drug-likeness (QED) is 0.868. The van der Waals surface area contributed by atoms with Crippen LogP contribution in [0.5, 0.6) is 5.75 Å². The van der Waals surface area contributed by atoms with Gasteiger partial charge in [-0.25, -0.2) is 13.4 Å². The summed E-state index contributed by atoms with van der Waals surface area (Å²) < 4.78 is 28.5. The number of ether oxygens (including phenoxy) is 1. The third-order valence-electron chi connectivity index (χ3n) is 3.00. The second-order valence-electron chi connectivity index (χ2n) is 5.11. The van der Waals surface area contributed by atoms with Gasteiger partial charge in [0.2, 0.25) is 0 Å². The average Bonchev–Trinajstić information content (AvgIpc) is 2.52. The zero-order valence-corrected chi connectivity index (χ0v) is 13.2. The number of aliphatic hydroxyl groups is 1. The maximum absolute atomic E-state index is 11.4. The summed E-state index contributed by atoms with van der Waals surface area (Å²) in [5.74, 6) is 0.579. The lowest BCUT2D eigenvalue weighted by Gasteiger charge is -2.13. The maximum Gasteiger partial charge on any atom is 0.192 e. The Bertz CT molecular complexity index is 729. The van der Waals surface area contributed by atoms with Crippen molar-refractivity contribution in [3.05, 3.63) is 36.7 Å². The molecule has 0 spiro atoms. The van der Waals surface area contributed by atoms with Crippen molar-refractivity contribution in [3.63, 3.8) is 0 Å². The van der Waals surface area contributed by atoms with Gasteiger partial charge in [-0.1, -0.05) is 6.92 Å². The minimum Gasteiger partial charge on any atom is -0.491 e. The van der Waals surface area contributed by atoms with Gasteiger partial charge in [0.15, 0.2) is 14.9 Å². The number of aromatic nitrogens is 2. The van der Waals surface area contributed by atoms with E-state index in [1.807, 2.05) is 6.92 Å². The van der Waals surface area contributed by atoms with E-state index < -0.39 is 9.84 Å². The molecule has 6 nitrogen and oxygen atoms in total. The van der Waals surface area contributed by atoms with Crippen molar-refractivity contribution in [3.8, 4) is 17.0 Å². The standard InChI is InChI=1S/C15H18N2O4S/c1-11(9-18)10-21-13-4-3-7-16-15(13)12-5-6-14(17-8-12)22(2,19)20/h3-8,11,18H,9-10H2,1-2H3/t11-/m1/s1. The molecule has 0 aliphatic heterocycles. The molecule has 22 heavy (non-hydrogen) atoms. The third kappa shape index (κ3) is 4.02. The first kappa shape index (κ1) is 16.4. The smallest absolute Gasteiger partial charge is 0.192 e. The van der Waals surface area contributed by atoms with Gasteiger partial charge >= 0.3 is 0 Å². The number of hydrogen-bond acceptors (Lipinski definition) is 6. The van der Waals surface area contributed by atoms with Crippen LogP contribution in [0.25, 0.3) is 11.3 Å². The average molecular weight is 322 g/mol. The maximum atomic E-state index is 11.4. The second kappa shape index (κ2) is 6.85. The molecule has 2 rings (SSSR count). The van der Waals surface area contributed by atoms with E-state index in [2.05, 4.69) is 9.97 Å². The number of sulfone groups is 1. The van der Waals surface area contributed by atoms with Crippen LogP contribution in [0.15, 0.2) is 41.7 Å². The largest absolute Gasteiger partial charge is 0.491 e. The molecule has 0 aromatic carbocycles. The van der Waals surface area contributed by atoms with Gasteiger partial charge in [0.05, 0.1) is 6.61 Å². The fourth-order valence-corrected chi connectivity index (χ4v) is 2.31. The minimum atomic E-state index is -3.33. The molecule has 0 amide bonds. The Morgan fingerprint density at radius 1 is 1.27 bits per heavy atom. The molecule has 0 unspecified atom stereocenters. The predicted molar refractivity (Wildman–Crippen MR) is 82.3 cm³/mol. The first-order valence-electron chi connectivity index (χ1n) is 6.77. The van der Waals surface area contributed by atoms with E-state index in [1.165, 1.54) is 12.3 Å². The van der Waals surface area contributed by atoms with Crippen molar-refractivity contribution in [2.45, 2.75) is 11.9 Å². The summed E-state index contributed by atoms with van der Waals surface area (Å²) in [5, 5.41) is 9.06. The van der Waals surface area contributed by atoms with E-state index in [9.17, 15) is 8.42 Å². The zero-order valence-electron chi connectivity index (χ0n) is 12.4. The Kier molecular flexibility index (Phi) is 5.10. The van der Waals surface area contributed by atoms with E-state index in [4.69, 9.17) is 9.84 Å². The Morgan fingerprint density at radius 2 is 2.05 bits per heavy atom. The molecule has 1 atom stereocenters. The van der Waals surface area contributed by atoms with Crippen molar-refractivity contribution in [2.24, 2.45) is 5.92 Å². The van der Waals surface area contributed by atoms with E-state index in [0.717, 1.165) is 6.26 Å². The van der Waals surface area contributed by atoms with Gasteiger partial charge in [-0.05, 0) is 24.3 Å². The first-order chi connectivity index (χ1) is 10.4. The first-order valence-corrected chi connectivity index (χ1v) is 8.66. The van der Waals surface area contributed by atoms with Gasteiger partial charge < -0.3 is 9.84 Å². The fraction of sp³-hybridized carbons (Fsp3) is 0.333. The fourth-order valence-electron chi connectivity index (χ4n) is 1.75. The highest BCUT2D eigenvalue weighted by atomic mass is 32.2. The lowest BCUT2D eigenvalue weighted by atomic mass is 10.1. The molecule has 0 saturated carbocycles. The van der Waals surface area contributed by atoms with Crippen LogP contribution in [0.4, 0.5) is 0 Å². The Hall–Kier alpha value is -1.99. The number of nitrogens with zero attached hydrogens (tertiary/aromatic N) is 2. The van der Waals surface area contributed by atoms with Crippen molar-refractivity contribution in [2.75, 3.05) is 19.5 Å². The molecule has 7 heteroatoms. The van der Waals surface area contributed by atoms with Gasteiger partial charge in [0.25, 0.3) is 0 Å². The summed E-state index contributed by atoms with van der Waals surface area (Å²) >= 11 is 0. The molecule has 2 heterocycles. The topological polar surface area (TPSA) is 89.4 Å². The third-order valence-corrected chi connectivity index (χ3v) is 4.00. The van der Waals surface area contributed by atoms with Crippen LogP contribution < -0.4 is 4.74 Å². The molecule has 118 valence electrons. The summed E-state index contributed by atoms with van der Waals surface area (Å²) in [6.07, 6.45) is 4.20. The van der Waals surface area contributed by atoms with Crippen LogP contribution in [-0.2, 0) is 9.84 Å². The second-order valence-corrected chi connectivity index (χ2v) is 7.07. The Labute approximate surface area is 129 Å². The summed E-state index contributed by atoms with van der Waals surface area (Å²) in [6.45, 7) is 2.28. The molecule has 0 radical (unpaired) electrons. The van der Waals surface area contributed by atoms with Crippen molar-refractivity contribution >= 4 is 9.84 Å². The summed E-state index contributed by atoms with van der Waals surface area (Å²) in [7, 11) is -3.33. The molecule has 2 aromatic heterocycles. The highest BCUT2D eigenvalue weighted by Gasteiger charge is 2.12.